The van der Waals surface area contributed by atoms with Gasteiger partial charge in [0.2, 0.25) is 0 Å². The number of rotatable bonds is 9. The Morgan fingerprint density at radius 1 is 0.964 bits per heavy atom. The second-order valence-electron chi connectivity index (χ2n) is 8.97. The van der Waals surface area contributed by atoms with Gasteiger partial charge in [0.15, 0.2) is 0 Å². The summed E-state index contributed by atoms with van der Waals surface area (Å²) in [6, 6.07) is 10.4. The van der Waals surface area contributed by atoms with Crippen LogP contribution < -0.4 is 0 Å². The molecule has 1 atom stereocenters. The highest BCUT2D eigenvalue weighted by Gasteiger charge is 2.39. The first-order valence-electron chi connectivity index (χ1n) is 11.7. The molecule has 0 unspecified atom stereocenters. The van der Waals surface area contributed by atoms with Gasteiger partial charge in [-0.05, 0) is 24.1 Å². The van der Waals surface area contributed by atoms with E-state index in [0.717, 1.165) is 24.0 Å². The summed E-state index contributed by atoms with van der Waals surface area (Å²) in [5.74, 6) is 2.96. The Bertz CT molecular complexity index is 555. The Morgan fingerprint density at radius 2 is 1.54 bits per heavy atom. The van der Waals surface area contributed by atoms with E-state index in [-0.39, 0.29) is 0 Å². The molecule has 0 aliphatic heterocycles. The molecule has 0 N–H and O–H groups in total. The lowest BCUT2D eigenvalue weighted by Crippen LogP contribution is -2.34. The molecule has 0 saturated heterocycles. The monoisotopic (exact) mass is 382 g/mol. The average Bonchev–Trinajstić information content (AvgIpc) is 2.76. The number of hydrogen-bond acceptors (Lipinski definition) is 2. The van der Waals surface area contributed by atoms with Crippen molar-refractivity contribution < 1.29 is 9.39 Å². The minimum absolute atomic E-state index is 0.309. The van der Waals surface area contributed by atoms with Crippen LogP contribution in [0.15, 0.2) is 42.2 Å². The minimum atomic E-state index is 0.309. The molecular weight excluding hydrogens is 343 g/mol. The van der Waals surface area contributed by atoms with E-state index >= 15 is 0 Å². The first-order chi connectivity index (χ1) is 13.8. The van der Waals surface area contributed by atoms with Crippen LogP contribution in [0.3, 0.4) is 0 Å². The molecule has 154 valence electrons. The van der Waals surface area contributed by atoms with Gasteiger partial charge in [-0.15, -0.1) is 0 Å². The van der Waals surface area contributed by atoms with E-state index in [0.29, 0.717) is 19.4 Å². The summed E-state index contributed by atoms with van der Waals surface area (Å²) in [5.41, 5.74) is 1.24. The van der Waals surface area contributed by atoms with Gasteiger partial charge in [0.1, 0.15) is 0 Å². The third-order valence-electron chi connectivity index (χ3n) is 6.75. The van der Waals surface area contributed by atoms with Crippen molar-refractivity contribution in [1.29, 1.82) is 0 Å². The summed E-state index contributed by atoms with van der Waals surface area (Å²) in [7, 11) is 0. The summed E-state index contributed by atoms with van der Waals surface area (Å²) in [6.07, 6.45) is 16.0. The van der Waals surface area contributed by atoms with Crippen LogP contribution in [0.2, 0.25) is 11.6 Å². The second-order valence-corrected chi connectivity index (χ2v) is 8.97. The Labute approximate surface area is 173 Å². The van der Waals surface area contributed by atoms with Crippen LogP contribution in [0, 0.1) is 5.92 Å². The predicted octanol–water partition coefficient (Wildman–Crippen LogP) is 7.42. The van der Waals surface area contributed by atoms with Crippen LogP contribution in [-0.4, -0.2) is 13.5 Å². The molecule has 0 spiro atoms. The third-order valence-corrected chi connectivity index (χ3v) is 6.75. The maximum Gasteiger partial charge on any atom is 0.363 e. The van der Waals surface area contributed by atoms with Gasteiger partial charge in [0.05, 0.1) is 19.0 Å². The molecule has 0 bridgehead atoms. The smallest absolute Gasteiger partial charge is 0.363 e. The van der Waals surface area contributed by atoms with Crippen LogP contribution in [0.4, 0.5) is 0 Å². The Balaban J connectivity index is 1.56. The fraction of sp³-hybridized carbons (Fsp3) is 0.680. The number of hydrogen-bond donors (Lipinski definition) is 0. The third kappa shape index (κ3) is 6.41. The first-order valence-corrected chi connectivity index (χ1v) is 11.7. The highest BCUT2D eigenvalue weighted by Crippen LogP contribution is 2.43. The molecule has 0 radical (unpaired) electrons. The normalized spacial score (nSPS) is 20.7. The summed E-state index contributed by atoms with van der Waals surface area (Å²) < 4.78 is 12.8. The zero-order chi connectivity index (χ0) is 19.6. The standard InChI is InChI=1S/C25H39BO2/c1-3-25(21(2)19-27-20-22-13-7-4-8-14-22)28-26(23-15-9-5-10-16-23)24-17-11-6-12-18-24/h3-4,7-8,13-14,21,23-24H,5-6,9-12,15-20H2,1-2H3/b25-3+/t21-/m1/s1. The largest absolute Gasteiger partial charge is 0.563 e. The minimum Gasteiger partial charge on any atom is -0.563 e. The van der Waals surface area contributed by atoms with Crippen LogP contribution in [0.5, 0.6) is 0 Å². The lowest BCUT2D eigenvalue weighted by atomic mass is 9.41. The fourth-order valence-electron chi connectivity index (χ4n) is 5.14. The van der Waals surface area contributed by atoms with E-state index < -0.39 is 0 Å². The van der Waals surface area contributed by atoms with Crippen LogP contribution in [-0.2, 0) is 16.0 Å². The van der Waals surface area contributed by atoms with Crippen LogP contribution in [0.1, 0.15) is 83.6 Å². The lowest BCUT2D eigenvalue weighted by molar-refractivity contribution is 0.0901. The molecule has 0 aromatic heterocycles. The van der Waals surface area contributed by atoms with E-state index in [1.54, 1.807) is 0 Å². The van der Waals surface area contributed by atoms with E-state index in [2.05, 4.69) is 50.3 Å². The van der Waals surface area contributed by atoms with Crippen molar-refractivity contribution in [2.45, 2.75) is 96.3 Å². The van der Waals surface area contributed by atoms with Crippen LogP contribution >= 0.6 is 0 Å². The topological polar surface area (TPSA) is 18.5 Å². The SMILES string of the molecule is C/C=C(/OB(C1CCCCC1)C1CCCCC1)[C@H](C)COCc1ccccc1. The Hall–Kier alpha value is -1.22. The maximum absolute atomic E-state index is 6.82. The average molecular weight is 382 g/mol. The number of ether oxygens (including phenoxy) is 1. The van der Waals surface area contributed by atoms with Crippen molar-refractivity contribution in [3.8, 4) is 0 Å². The van der Waals surface area contributed by atoms with Gasteiger partial charge in [-0.1, -0.05) is 108 Å². The highest BCUT2D eigenvalue weighted by atomic mass is 16.5. The fourth-order valence-corrected chi connectivity index (χ4v) is 5.14. The number of allylic oxidation sites excluding steroid dienone is 1. The van der Waals surface area contributed by atoms with Gasteiger partial charge in [-0.2, -0.15) is 0 Å². The second kappa shape index (κ2) is 11.7. The zero-order valence-electron chi connectivity index (χ0n) is 18.1. The Kier molecular flexibility index (Phi) is 8.99. The van der Waals surface area contributed by atoms with Gasteiger partial charge in [0, 0.05) is 5.92 Å². The summed E-state index contributed by atoms with van der Waals surface area (Å²) in [6.45, 7) is 6.19. The summed E-state index contributed by atoms with van der Waals surface area (Å²) in [5, 5.41) is 0. The van der Waals surface area contributed by atoms with Crippen LogP contribution in [0.25, 0.3) is 0 Å². The lowest BCUT2D eigenvalue weighted by Gasteiger charge is -2.36. The van der Waals surface area contributed by atoms with Gasteiger partial charge in [-0.25, -0.2) is 0 Å². The molecule has 3 rings (SSSR count). The molecule has 3 heteroatoms. The molecule has 2 nitrogen and oxygen atoms in total. The maximum atomic E-state index is 6.82. The molecular formula is C25H39BO2. The first kappa shape index (κ1) is 21.5. The molecule has 2 aliphatic carbocycles. The van der Waals surface area contributed by atoms with Gasteiger partial charge >= 0.3 is 6.92 Å². The van der Waals surface area contributed by atoms with E-state index in [1.807, 2.05) is 0 Å². The molecule has 0 amide bonds. The van der Waals surface area contributed by atoms with Crippen molar-refractivity contribution >= 4 is 6.92 Å². The Morgan fingerprint density at radius 3 is 2.07 bits per heavy atom. The van der Waals surface area contributed by atoms with Crippen molar-refractivity contribution in [3.63, 3.8) is 0 Å². The van der Waals surface area contributed by atoms with Gasteiger partial charge in [0.25, 0.3) is 0 Å². The van der Waals surface area contributed by atoms with Crippen molar-refractivity contribution in [1.82, 2.24) is 0 Å². The summed E-state index contributed by atoms with van der Waals surface area (Å²) in [4.78, 5) is 0. The summed E-state index contributed by atoms with van der Waals surface area (Å²) >= 11 is 0. The zero-order valence-corrected chi connectivity index (χ0v) is 18.1. The van der Waals surface area contributed by atoms with E-state index in [1.165, 1.54) is 69.8 Å². The van der Waals surface area contributed by atoms with Gasteiger partial charge in [-0.3, -0.25) is 0 Å². The van der Waals surface area contributed by atoms with Crippen molar-refractivity contribution in [2.75, 3.05) is 6.61 Å². The molecule has 0 heterocycles. The molecule has 2 aliphatic rings. The van der Waals surface area contributed by atoms with Crippen molar-refractivity contribution in [2.24, 2.45) is 5.92 Å². The molecule has 2 fully saturated rings. The van der Waals surface area contributed by atoms with E-state index in [4.69, 9.17) is 9.39 Å². The molecule has 1 aromatic carbocycles. The van der Waals surface area contributed by atoms with E-state index in [9.17, 15) is 0 Å². The molecule has 2 saturated carbocycles. The number of benzene rings is 1. The predicted molar refractivity (Wildman–Crippen MR) is 120 cm³/mol. The quantitative estimate of drug-likeness (QED) is 0.327. The van der Waals surface area contributed by atoms with Gasteiger partial charge < -0.3 is 9.39 Å². The van der Waals surface area contributed by atoms with Crippen molar-refractivity contribution in [3.05, 3.63) is 47.7 Å². The highest BCUT2D eigenvalue weighted by molar-refractivity contribution is 6.55. The molecule has 1 aromatic rings. The molecule has 28 heavy (non-hydrogen) atoms.